The van der Waals surface area contributed by atoms with Crippen LogP contribution >= 0.6 is 0 Å². The summed E-state index contributed by atoms with van der Waals surface area (Å²) in [6.45, 7) is 3.50. The third-order valence-corrected chi connectivity index (χ3v) is 1.66. The standard InChI is InChI=1S/C11H14FNO2/c1-8(2)15-11(14)7-13-10-6-4-3-5-9(10)12/h3-6,8,13H,7H2,1-2H3. The zero-order chi connectivity index (χ0) is 11.3. The number of rotatable bonds is 4. The van der Waals surface area contributed by atoms with Gasteiger partial charge in [-0.1, -0.05) is 12.1 Å². The van der Waals surface area contributed by atoms with Crippen LogP contribution in [0.3, 0.4) is 0 Å². The van der Waals surface area contributed by atoms with Crippen molar-refractivity contribution in [2.75, 3.05) is 11.9 Å². The minimum absolute atomic E-state index is 0.0287. The molecule has 0 bridgehead atoms. The monoisotopic (exact) mass is 211 g/mol. The maximum atomic E-state index is 13.1. The van der Waals surface area contributed by atoms with E-state index in [1.807, 2.05) is 0 Å². The molecule has 0 fully saturated rings. The molecule has 0 amide bonds. The SMILES string of the molecule is CC(C)OC(=O)CNc1ccccc1F. The first-order valence-corrected chi connectivity index (χ1v) is 4.77. The van der Waals surface area contributed by atoms with Crippen molar-refractivity contribution in [2.24, 2.45) is 0 Å². The first-order chi connectivity index (χ1) is 7.09. The Morgan fingerprint density at radius 1 is 1.47 bits per heavy atom. The van der Waals surface area contributed by atoms with Gasteiger partial charge in [0, 0.05) is 0 Å². The average molecular weight is 211 g/mol. The van der Waals surface area contributed by atoms with Crippen LogP contribution in [0.15, 0.2) is 24.3 Å². The zero-order valence-electron chi connectivity index (χ0n) is 8.79. The summed E-state index contributed by atoms with van der Waals surface area (Å²) >= 11 is 0. The predicted molar refractivity (Wildman–Crippen MR) is 56.1 cm³/mol. The molecule has 0 aliphatic rings. The van der Waals surface area contributed by atoms with Crippen molar-refractivity contribution >= 4 is 11.7 Å². The van der Waals surface area contributed by atoms with E-state index < -0.39 is 5.97 Å². The fourth-order valence-electron chi connectivity index (χ4n) is 1.08. The third-order valence-electron chi connectivity index (χ3n) is 1.66. The van der Waals surface area contributed by atoms with Crippen LogP contribution in [0.2, 0.25) is 0 Å². The lowest BCUT2D eigenvalue weighted by Gasteiger charge is -2.09. The number of anilines is 1. The highest BCUT2D eigenvalue weighted by Gasteiger charge is 2.06. The van der Waals surface area contributed by atoms with Gasteiger partial charge in [-0.25, -0.2) is 4.39 Å². The summed E-state index contributed by atoms with van der Waals surface area (Å²) in [5, 5.41) is 2.67. The highest BCUT2D eigenvalue weighted by Crippen LogP contribution is 2.11. The summed E-state index contributed by atoms with van der Waals surface area (Å²) < 4.78 is 18.0. The molecule has 0 aromatic heterocycles. The fraction of sp³-hybridized carbons (Fsp3) is 0.364. The molecule has 0 unspecified atom stereocenters. The third kappa shape index (κ3) is 3.97. The van der Waals surface area contributed by atoms with Gasteiger partial charge < -0.3 is 10.1 Å². The maximum Gasteiger partial charge on any atom is 0.325 e. The second-order valence-corrected chi connectivity index (χ2v) is 3.37. The van der Waals surface area contributed by atoms with Crippen molar-refractivity contribution in [1.29, 1.82) is 0 Å². The summed E-state index contributed by atoms with van der Waals surface area (Å²) in [4.78, 5) is 11.1. The van der Waals surface area contributed by atoms with Crippen LogP contribution in [-0.2, 0) is 9.53 Å². The number of ether oxygens (including phenoxy) is 1. The van der Waals surface area contributed by atoms with E-state index in [1.165, 1.54) is 6.07 Å². The fourth-order valence-corrected chi connectivity index (χ4v) is 1.08. The molecule has 0 heterocycles. The van der Waals surface area contributed by atoms with Gasteiger partial charge in [0.1, 0.15) is 12.4 Å². The Bertz CT molecular complexity index is 339. The van der Waals surface area contributed by atoms with E-state index in [4.69, 9.17) is 4.74 Å². The van der Waals surface area contributed by atoms with Gasteiger partial charge in [-0.15, -0.1) is 0 Å². The van der Waals surface area contributed by atoms with Crippen molar-refractivity contribution in [3.63, 3.8) is 0 Å². The number of carbonyl (C=O) groups is 1. The van der Waals surface area contributed by atoms with E-state index in [2.05, 4.69) is 5.32 Å². The number of esters is 1. The van der Waals surface area contributed by atoms with Gasteiger partial charge in [0.15, 0.2) is 0 Å². The second-order valence-electron chi connectivity index (χ2n) is 3.37. The van der Waals surface area contributed by atoms with Gasteiger partial charge in [0.2, 0.25) is 0 Å². The quantitative estimate of drug-likeness (QED) is 0.776. The molecule has 3 nitrogen and oxygen atoms in total. The Hall–Kier alpha value is -1.58. The van der Waals surface area contributed by atoms with Gasteiger partial charge in [-0.05, 0) is 26.0 Å². The first-order valence-electron chi connectivity index (χ1n) is 4.77. The van der Waals surface area contributed by atoms with Crippen LogP contribution in [0.25, 0.3) is 0 Å². The van der Waals surface area contributed by atoms with E-state index in [-0.39, 0.29) is 18.5 Å². The lowest BCUT2D eigenvalue weighted by atomic mass is 10.3. The number of para-hydroxylation sites is 1. The van der Waals surface area contributed by atoms with Gasteiger partial charge in [-0.2, -0.15) is 0 Å². The van der Waals surface area contributed by atoms with Crippen LogP contribution < -0.4 is 5.32 Å². The topological polar surface area (TPSA) is 38.3 Å². The number of halogens is 1. The molecule has 1 N–H and O–H groups in total. The molecular weight excluding hydrogens is 197 g/mol. The molecule has 4 heteroatoms. The molecule has 0 aliphatic heterocycles. The van der Waals surface area contributed by atoms with Crippen LogP contribution in [0.5, 0.6) is 0 Å². The summed E-state index contributed by atoms with van der Waals surface area (Å²) in [6.07, 6.45) is -0.153. The first kappa shape index (κ1) is 11.5. The van der Waals surface area contributed by atoms with E-state index in [1.54, 1.807) is 32.0 Å². The molecule has 0 aliphatic carbocycles. The minimum Gasteiger partial charge on any atom is -0.462 e. The van der Waals surface area contributed by atoms with E-state index >= 15 is 0 Å². The number of carbonyl (C=O) groups excluding carboxylic acids is 1. The smallest absolute Gasteiger partial charge is 0.325 e. The Morgan fingerprint density at radius 2 is 2.13 bits per heavy atom. The van der Waals surface area contributed by atoms with E-state index in [0.29, 0.717) is 5.69 Å². The number of benzene rings is 1. The number of hydrogen-bond acceptors (Lipinski definition) is 3. The molecule has 82 valence electrons. The molecule has 0 spiro atoms. The Balaban J connectivity index is 2.44. The molecular formula is C11H14FNO2. The molecule has 0 atom stereocenters. The summed E-state index contributed by atoms with van der Waals surface area (Å²) in [5.74, 6) is -0.775. The molecule has 0 radical (unpaired) electrons. The van der Waals surface area contributed by atoms with Crippen LogP contribution in [0.1, 0.15) is 13.8 Å². The Morgan fingerprint density at radius 3 is 2.73 bits per heavy atom. The van der Waals surface area contributed by atoms with Gasteiger partial charge in [-0.3, -0.25) is 4.79 Å². The lowest BCUT2D eigenvalue weighted by Crippen LogP contribution is -2.20. The van der Waals surface area contributed by atoms with Crippen molar-refractivity contribution in [3.05, 3.63) is 30.1 Å². The van der Waals surface area contributed by atoms with E-state index in [9.17, 15) is 9.18 Å². The van der Waals surface area contributed by atoms with Crippen molar-refractivity contribution in [1.82, 2.24) is 0 Å². The van der Waals surface area contributed by atoms with Crippen molar-refractivity contribution < 1.29 is 13.9 Å². The molecule has 15 heavy (non-hydrogen) atoms. The molecule has 1 aromatic carbocycles. The van der Waals surface area contributed by atoms with Gasteiger partial charge >= 0.3 is 5.97 Å². The minimum atomic E-state index is -0.395. The van der Waals surface area contributed by atoms with Gasteiger partial charge in [0.25, 0.3) is 0 Å². The van der Waals surface area contributed by atoms with E-state index in [0.717, 1.165) is 0 Å². The normalized spacial score (nSPS) is 10.1. The van der Waals surface area contributed by atoms with Crippen LogP contribution in [-0.4, -0.2) is 18.6 Å². The average Bonchev–Trinajstić information content (AvgIpc) is 2.15. The van der Waals surface area contributed by atoms with Crippen LogP contribution in [0.4, 0.5) is 10.1 Å². The molecule has 0 saturated carbocycles. The molecule has 0 saturated heterocycles. The number of hydrogen-bond donors (Lipinski definition) is 1. The van der Waals surface area contributed by atoms with Crippen molar-refractivity contribution in [2.45, 2.75) is 20.0 Å². The van der Waals surface area contributed by atoms with Crippen LogP contribution in [0, 0.1) is 5.82 Å². The maximum absolute atomic E-state index is 13.1. The zero-order valence-corrected chi connectivity index (χ0v) is 8.79. The van der Waals surface area contributed by atoms with Crippen molar-refractivity contribution in [3.8, 4) is 0 Å². The largest absolute Gasteiger partial charge is 0.462 e. The highest BCUT2D eigenvalue weighted by molar-refractivity contribution is 5.75. The molecule has 1 rings (SSSR count). The molecule has 1 aromatic rings. The summed E-state index contributed by atoms with van der Waals surface area (Å²) in [7, 11) is 0. The number of nitrogens with one attached hydrogen (secondary N) is 1. The summed E-state index contributed by atoms with van der Waals surface area (Å²) in [6, 6.07) is 6.18. The predicted octanol–water partition coefficient (Wildman–Crippen LogP) is 2.19. The Kier molecular flexibility index (Phi) is 4.09. The second kappa shape index (κ2) is 5.34. The lowest BCUT2D eigenvalue weighted by molar-refractivity contribution is -0.145. The highest BCUT2D eigenvalue weighted by atomic mass is 19.1. The summed E-state index contributed by atoms with van der Waals surface area (Å²) in [5.41, 5.74) is 0.304. The Labute approximate surface area is 88.2 Å². The van der Waals surface area contributed by atoms with Gasteiger partial charge in [0.05, 0.1) is 11.8 Å².